The predicted octanol–water partition coefficient (Wildman–Crippen LogP) is 2.91. The maximum absolute atomic E-state index is 13.9. The number of piperazine rings is 1. The van der Waals surface area contributed by atoms with Crippen LogP contribution in [0.15, 0.2) is 18.2 Å². The van der Waals surface area contributed by atoms with E-state index in [9.17, 15) is 4.39 Å². The smallest absolute Gasteiger partial charge is 0.146 e. The molecular formula is C15H23FN2. The molecule has 0 amide bonds. The monoisotopic (exact) mass is 250 g/mol. The van der Waals surface area contributed by atoms with Gasteiger partial charge in [0.25, 0.3) is 0 Å². The molecule has 0 atom stereocenters. The van der Waals surface area contributed by atoms with Gasteiger partial charge in [0.05, 0.1) is 5.69 Å². The van der Waals surface area contributed by atoms with Crippen LogP contribution in [-0.2, 0) is 0 Å². The van der Waals surface area contributed by atoms with Crippen molar-refractivity contribution in [2.75, 3.05) is 37.6 Å². The summed E-state index contributed by atoms with van der Waals surface area (Å²) in [6.07, 6.45) is 0. The summed E-state index contributed by atoms with van der Waals surface area (Å²) in [5, 5.41) is 0. The van der Waals surface area contributed by atoms with Gasteiger partial charge in [-0.3, -0.25) is 4.90 Å². The molecule has 0 bridgehead atoms. The van der Waals surface area contributed by atoms with Gasteiger partial charge in [0.15, 0.2) is 0 Å². The maximum Gasteiger partial charge on any atom is 0.146 e. The Hall–Kier alpha value is -1.09. The van der Waals surface area contributed by atoms with Crippen LogP contribution < -0.4 is 4.90 Å². The average Bonchev–Trinajstić information content (AvgIpc) is 2.30. The molecule has 1 aliphatic rings. The van der Waals surface area contributed by atoms with Crippen molar-refractivity contribution in [1.29, 1.82) is 0 Å². The first-order valence-electron chi connectivity index (χ1n) is 6.79. The highest BCUT2D eigenvalue weighted by Crippen LogP contribution is 2.21. The van der Waals surface area contributed by atoms with Gasteiger partial charge in [0.2, 0.25) is 0 Å². The summed E-state index contributed by atoms with van der Waals surface area (Å²) in [4.78, 5) is 4.62. The summed E-state index contributed by atoms with van der Waals surface area (Å²) in [6.45, 7) is 11.5. The highest BCUT2D eigenvalue weighted by molar-refractivity contribution is 5.49. The Kier molecular flexibility index (Phi) is 4.23. The number of hydrogen-bond donors (Lipinski definition) is 0. The van der Waals surface area contributed by atoms with Crippen LogP contribution in [0.4, 0.5) is 10.1 Å². The Morgan fingerprint density at radius 1 is 1.17 bits per heavy atom. The summed E-state index contributed by atoms with van der Waals surface area (Å²) in [6, 6.07) is 5.51. The molecule has 0 spiro atoms. The number of halogens is 1. The Morgan fingerprint density at radius 2 is 1.83 bits per heavy atom. The van der Waals surface area contributed by atoms with Gasteiger partial charge in [-0.25, -0.2) is 4.39 Å². The molecule has 1 heterocycles. The molecule has 0 aliphatic carbocycles. The zero-order chi connectivity index (χ0) is 13.1. The highest BCUT2D eigenvalue weighted by Gasteiger charge is 2.19. The standard InChI is InChI=1S/C15H23FN2/c1-12(2)11-17-6-8-18(9-7-17)15-5-4-13(3)10-14(15)16/h4-5,10,12H,6-9,11H2,1-3H3. The molecule has 0 saturated carbocycles. The molecule has 1 aromatic rings. The second-order valence-corrected chi connectivity index (χ2v) is 5.64. The van der Waals surface area contributed by atoms with Gasteiger partial charge < -0.3 is 4.90 Å². The second kappa shape index (κ2) is 5.70. The first kappa shape index (κ1) is 13.3. The fourth-order valence-electron chi connectivity index (χ4n) is 2.56. The molecule has 1 aromatic carbocycles. The Balaban J connectivity index is 1.97. The van der Waals surface area contributed by atoms with Crippen LogP contribution >= 0.6 is 0 Å². The third-order valence-electron chi connectivity index (χ3n) is 3.44. The van der Waals surface area contributed by atoms with Gasteiger partial charge in [-0.2, -0.15) is 0 Å². The van der Waals surface area contributed by atoms with Crippen LogP contribution in [0.2, 0.25) is 0 Å². The lowest BCUT2D eigenvalue weighted by molar-refractivity contribution is 0.231. The van der Waals surface area contributed by atoms with Crippen LogP contribution in [0.5, 0.6) is 0 Å². The van der Waals surface area contributed by atoms with Crippen molar-refractivity contribution < 1.29 is 4.39 Å². The second-order valence-electron chi connectivity index (χ2n) is 5.64. The molecule has 0 aromatic heterocycles. The SMILES string of the molecule is Cc1ccc(N2CCN(CC(C)C)CC2)c(F)c1. The maximum atomic E-state index is 13.9. The van der Waals surface area contributed by atoms with Crippen molar-refractivity contribution in [2.45, 2.75) is 20.8 Å². The molecule has 18 heavy (non-hydrogen) atoms. The zero-order valence-electron chi connectivity index (χ0n) is 11.6. The number of benzene rings is 1. The zero-order valence-corrected chi connectivity index (χ0v) is 11.6. The molecule has 0 radical (unpaired) electrons. The van der Waals surface area contributed by atoms with Crippen molar-refractivity contribution in [1.82, 2.24) is 4.90 Å². The number of nitrogens with zero attached hydrogens (tertiary/aromatic N) is 2. The van der Waals surface area contributed by atoms with E-state index in [1.807, 2.05) is 19.1 Å². The lowest BCUT2D eigenvalue weighted by atomic mass is 10.1. The number of aryl methyl sites for hydroxylation is 1. The number of hydrogen-bond acceptors (Lipinski definition) is 2. The molecule has 1 aliphatic heterocycles. The largest absolute Gasteiger partial charge is 0.367 e. The van der Waals surface area contributed by atoms with E-state index in [1.54, 1.807) is 6.07 Å². The van der Waals surface area contributed by atoms with Crippen molar-refractivity contribution in [3.63, 3.8) is 0 Å². The first-order chi connectivity index (χ1) is 8.56. The fourth-order valence-corrected chi connectivity index (χ4v) is 2.56. The van der Waals surface area contributed by atoms with Gasteiger partial charge >= 0.3 is 0 Å². The lowest BCUT2D eigenvalue weighted by Crippen LogP contribution is -2.47. The molecular weight excluding hydrogens is 227 g/mol. The Morgan fingerprint density at radius 3 is 2.39 bits per heavy atom. The van der Waals surface area contributed by atoms with Crippen LogP contribution in [0.25, 0.3) is 0 Å². The van der Waals surface area contributed by atoms with E-state index in [2.05, 4.69) is 23.6 Å². The Labute approximate surface area is 109 Å². The van der Waals surface area contributed by atoms with Crippen molar-refractivity contribution in [3.8, 4) is 0 Å². The van der Waals surface area contributed by atoms with Gasteiger partial charge in [-0.15, -0.1) is 0 Å². The number of anilines is 1. The molecule has 0 unspecified atom stereocenters. The van der Waals surface area contributed by atoms with Crippen molar-refractivity contribution >= 4 is 5.69 Å². The lowest BCUT2D eigenvalue weighted by Gasteiger charge is -2.37. The summed E-state index contributed by atoms with van der Waals surface area (Å²) in [7, 11) is 0. The summed E-state index contributed by atoms with van der Waals surface area (Å²) < 4.78 is 13.9. The van der Waals surface area contributed by atoms with Gasteiger partial charge in [0.1, 0.15) is 5.82 Å². The summed E-state index contributed by atoms with van der Waals surface area (Å²) >= 11 is 0. The van der Waals surface area contributed by atoms with E-state index in [4.69, 9.17) is 0 Å². The van der Waals surface area contributed by atoms with E-state index in [0.29, 0.717) is 5.92 Å². The molecule has 3 heteroatoms. The van der Waals surface area contributed by atoms with E-state index in [-0.39, 0.29) is 5.82 Å². The van der Waals surface area contributed by atoms with Crippen LogP contribution in [0.1, 0.15) is 19.4 Å². The molecule has 100 valence electrons. The first-order valence-corrected chi connectivity index (χ1v) is 6.79. The third-order valence-corrected chi connectivity index (χ3v) is 3.44. The third kappa shape index (κ3) is 3.22. The van der Waals surface area contributed by atoms with Crippen molar-refractivity contribution in [2.24, 2.45) is 5.92 Å². The highest BCUT2D eigenvalue weighted by atomic mass is 19.1. The molecule has 1 saturated heterocycles. The molecule has 2 rings (SSSR count). The fraction of sp³-hybridized carbons (Fsp3) is 0.600. The minimum atomic E-state index is -0.0905. The quantitative estimate of drug-likeness (QED) is 0.814. The van der Waals surface area contributed by atoms with E-state index >= 15 is 0 Å². The van der Waals surface area contributed by atoms with Crippen LogP contribution in [0.3, 0.4) is 0 Å². The topological polar surface area (TPSA) is 6.48 Å². The van der Waals surface area contributed by atoms with Gasteiger partial charge in [-0.05, 0) is 30.5 Å². The number of rotatable bonds is 3. The van der Waals surface area contributed by atoms with Crippen molar-refractivity contribution in [3.05, 3.63) is 29.6 Å². The normalized spacial score (nSPS) is 17.5. The minimum absolute atomic E-state index is 0.0905. The van der Waals surface area contributed by atoms with E-state index in [1.165, 1.54) is 0 Å². The van der Waals surface area contributed by atoms with Gasteiger partial charge in [-0.1, -0.05) is 19.9 Å². The van der Waals surface area contributed by atoms with Crippen LogP contribution in [-0.4, -0.2) is 37.6 Å². The molecule has 1 fully saturated rings. The minimum Gasteiger partial charge on any atom is -0.367 e. The molecule has 0 N–H and O–H groups in total. The average molecular weight is 250 g/mol. The van der Waals surface area contributed by atoms with Gasteiger partial charge in [0, 0.05) is 32.7 Å². The molecule has 2 nitrogen and oxygen atoms in total. The summed E-state index contributed by atoms with van der Waals surface area (Å²) in [5.74, 6) is 0.611. The predicted molar refractivity (Wildman–Crippen MR) is 74.6 cm³/mol. The Bertz CT molecular complexity index is 395. The van der Waals surface area contributed by atoms with Crippen LogP contribution in [0, 0.1) is 18.7 Å². The summed E-state index contributed by atoms with van der Waals surface area (Å²) in [5.41, 5.74) is 1.74. The van der Waals surface area contributed by atoms with E-state index < -0.39 is 0 Å². The van der Waals surface area contributed by atoms with E-state index in [0.717, 1.165) is 44.0 Å².